The molecule has 2 aromatic rings. The zero-order chi connectivity index (χ0) is 9.64. The van der Waals surface area contributed by atoms with Gasteiger partial charge in [0.05, 0.1) is 11.4 Å². The van der Waals surface area contributed by atoms with Gasteiger partial charge in [-0.2, -0.15) is 10.2 Å². The standard InChI is InChI=1S/C10H8N4/c1-5-11-6-2-9(1)13-14-10-3-7-12-8-4-10/h1-8H/p+2. The summed E-state index contributed by atoms with van der Waals surface area (Å²) in [6.07, 6.45) is 7.25. The summed E-state index contributed by atoms with van der Waals surface area (Å²) < 4.78 is 0. The third-order valence-corrected chi connectivity index (χ3v) is 1.68. The molecular formula is C10H10N4+2. The second-order valence-electron chi connectivity index (χ2n) is 2.72. The summed E-state index contributed by atoms with van der Waals surface area (Å²) >= 11 is 0. The number of nitrogens with one attached hydrogen (secondary N) is 2. The SMILES string of the molecule is c1cc(N=Nc2cc[nH+]cc2)cc[nH+]1. The van der Waals surface area contributed by atoms with Crippen molar-refractivity contribution in [1.29, 1.82) is 0 Å². The van der Waals surface area contributed by atoms with Crippen LogP contribution < -0.4 is 9.97 Å². The Morgan fingerprint density at radius 3 is 1.36 bits per heavy atom. The molecule has 0 fully saturated rings. The lowest BCUT2D eigenvalue weighted by Gasteiger charge is -1.87. The molecule has 0 saturated carbocycles. The molecule has 2 N–H and O–H groups in total. The van der Waals surface area contributed by atoms with Crippen LogP contribution in [0.4, 0.5) is 11.4 Å². The Balaban J connectivity index is 2.16. The van der Waals surface area contributed by atoms with E-state index in [0.717, 1.165) is 11.4 Å². The van der Waals surface area contributed by atoms with E-state index in [1.165, 1.54) is 0 Å². The highest BCUT2D eigenvalue weighted by Crippen LogP contribution is 2.14. The number of aromatic nitrogens is 2. The highest BCUT2D eigenvalue weighted by atomic mass is 15.1. The van der Waals surface area contributed by atoms with Gasteiger partial charge in [0.15, 0.2) is 24.8 Å². The number of pyridine rings is 2. The summed E-state index contributed by atoms with van der Waals surface area (Å²) in [4.78, 5) is 5.85. The van der Waals surface area contributed by atoms with E-state index in [0.29, 0.717) is 0 Å². The average Bonchev–Trinajstić information content (AvgIpc) is 2.29. The first-order valence-corrected chi connectivity index (χ1v) is 4.29. The second kappa shape index (κ2) is 4.23. The fraction of sp³-hybridized carbons (Fsp3) is 0. The average molecular weight is 186 g/mol. The molecule has 4 nitrogen and oxygen atoms in total. The van der Waals surface area contributed by atoms with Crippen LogP contribution >= 0.6 is 0 Å². The Bertz CT molecular complexity index is 369. The molecule has 0 aliphatic heterocycles. The van der Waals surface area contributed by atoms with Crippen molar-refractivity contribution in [2.75, 3.05) is 0 Å². The fourth-order valence-electron chi connectivity index (χ4n) is 1.00. The first-order valence-electron chi connectivity index (χ1n) is 4.29. The van der Waals surface area contributed by atoms with Crippen molar-refractivity contribution in [3.63, 3.8) is 0 Å². The molecular weight excluding hydrogens is 176 g/mol. The lowest BCUT2D eigenvalue weighted by atomic mass is 10.4. The van der Waals surface area contributed by atoms with Crippen LogP contribution in [0.1, 0.15) is 0 Å². The largest absolute Gasteiger partial charge is 0.218 e. The molecule has 0 aliphatic carbocycles. The van der Waals surface area contributed by atoms with E-state index in [1.54, 1.807) is 0 Å². The van der Waals surface area contributed by atoms with Crippen molar-refractivity contribution in [2.45, 2.75) is 0 Å². The van der Waals surface area contributed by atoms with Crippen LogP contribution in [0.2, 0.25) is 0 Å². The van der Waals surface area contributed by atoms with E-state index < -0.39 is 0 Å². The molecule has 0 atom stereocenters. The topological polar surface area (TPSA) is 53.0 Å². The van der Waals surface area contributed by atoms with Gasteiger partial charge in [-0.25, -0.2) is 9.97 Å². The van der Waals surface area contributed by atoms with Gasteiger partial charge < -0.3 is 0 Å². The fourth-order valence-corrected chi connectivity index (χ4v) is 1.00. The number of hydrogen-bond acceptors (Lipinski definition) is 2. The maximum atomic E-state index is 4.07. The van der Waals surface area contributed by atoms with E-state index in [-0.39, 0.29) is 0 Å². The normalized spacial score (nSPS) is 10.6. The summed E-state index contributed by atoms with van der Waals surface area (Å²) in [5, 5.41) is 8.14. The number of aromatic amines is 2. The molecule has 0 unspecified atom stereocenters. The van der Waals surface area contributed by atoms with E-state index in [1.807, 2.05) is 49.1 Å². The molecule has 2 aromatic heterocycles. The van der Waals surface area contributed by atoms with Crippen molar-refractivity contribution in [3.05, 3.63) is 49.1 Å². The monoisotopic (exact) mass is 186 g/mol. The van der Waals surface area contributed by atoms with Crippen molar-refractivity contribution >= 4 is 11.4 Å². The van der Waals surface area contributed by atoms with Gasteiger partial charge in [-0.15, -0.1) is 0 Å². The van der Waals surface area contributed by atoms with Gasteiger partial charge in [0.25, 0.3) is 0 Å². The Morgan fingerprint density at radius 1 is 0.643 bits per heavy atom. The van der Waals surface area contributed by atoms with Crippen molar-refractivity contribution < 1.29 is 9.97 Å². The quantitative estimate of drug-likeness (QED) is 0.641. The van der Waals surface area contributed by atoms with Gasteiger partial charge in [-0.1, -0.05) is 0 Å². The molecule has 0 spiro atoms. The maximum Gasteiger partial charge on any atom is 0.169 e. The van der Waals surface area contributed by atoms with Gasteiger partial charge in [-0.3, -0.25) is 0 Å². The minimum absolute atomic E-state index is 0.830. The van der Waals surface area contributed by atoms with Crippen LogP contribution in [0, 0.1) is 0 Å². The van der Waals surface area contributed by atoms with Crippen LogP contribution in [-0.2, 0) is 0 Å². The molecule has 68 valence electrons. The number of nitrogens with zero attached hydrogens (tertiary/aromatic N) is 2. The smallest absolute Gasteiger partial charge is 0.169 e. The highest BCUT2D eigenvalue weighted by molar-refractivity contribution is 5.35. The van der Waals surface area contributed by atoms with Crippen molar-refractivity contribution in [1.82, 2.24) is 0 Å². The van der Waals surface area contributed by atoms with E-state index in [4.69, 9.17) is 0 Å². The molecule has 0 saturated heterocycles. The van der Waals surface area contributed by atoms with Crippen LogP contribution in [0.3, 0.4) is 0 Å². The minimum Gasteiger partial charge on any atom is -0.218 e. The Kier molecular flexibility index (Phi) is 2.56. The Hall–Kier alpha value is -2.10. The van der Waals surface area contributed by atoms with E-state index in [9.17, 15) is 0 Å². The Morgan fingerprint density at radius 2 is 1.00 bits per heavy atom. The Labute approximate surface area is 81.4 Å². The highest BCUT2D eigenvalue weighted by Gasteiger charge is 1.91. The predicted octanol–water partition coefficient (Wildman–Crippen LogP) is 1.73. The number of H-pyrrole nitrogens is 2. The molecule has 4 heteroatoms. The molecule has 0 amide bonds. The number of rotatable bonds is 2. The molecule has 0 aromatic carbocycles. The number of hydrogen-bond donors (Lipinski definition) is 0. The lowest BCUT2D eigenvalue weighted by molar-refractivity contribution is -0.378. The summed E-state index contributed by atoms with van der Waals surface area (Å²) in [5.41, 5.74) is 1.66. The maximum absolute atomic E-state index is 4.07. The van der Waals surface area contributed by atoms with Crippen LogP contribution in [0.15, 0.2) is 59.3 Å². The number of azo groups is 1. The molecule has 2 rings (SSSR count). The molecule has 0 aliphatic rings. The molecule has 0 radical (unpaired) electrons. The summed E-state index contributed by atoms with van der Waals surface area (Å²) in [6, 6.07) is 7.44. The third-order valence-electron chi connectivity index (χ3n) is 1.68. The van der Waals surface area contributed by atoms with Gasteiger partial charge in [0, 0.05) is 24.3 Å². The van der Waals surface area contributed by atoms with Crippen molar-refractivity contribution in [2.24, 2.45) is 10.2 Å². The summed E-state index contributed by atoms with van der Waals surface area (Å²) in [7, 11) is 0. The van der Waals surface area contributed by atoms with Crippen LogP contribution in [0.5, 0.6) is 0 Å². The summed E-state index contributed by atoms with van der Waals surface area (Å²) in [6.45, 7) is 0. The van der Waals surface area contributed by atoms with Gasteiger partial charge in [-0.05, 0) is 0 Å². The van der Waals surface area contributed by atoms with Gasteiger partial charge in [0.1, 0.15) is 0 Å². The van der Waals surface area contributed by atoms with Gasteiger partial charge in [0.2, 0.25) is 0 Å². The van der Waals surface area contributed by atoms with Crippen LogP contribution in [0.25, 0.3) is 0 Å². The van der Waals surface area contributed by atoms with E-state index >= 15 is 0 Å². The third kappa shape index (κ3) is 2.20. The minimum atomic E-state index is 0.830. The van der Waals surface area contributed by atoms with Crippen LogP contribution in [-0.4, -0.2) is 0 Å². The zero-order valence-electron chi connectivity index (χ0n) is 7.51. The van der Waals surface area contributed by atoms with E-state index in [2.05, 4.69) is 20.2 Å². The van der Waals surface area contributed by atoms with Gasteiger partial charge >= 0.3 is 0 Å². The lowest BCUT2D eigenvalue weighted by Crippen LogP contribution is -1.95. The molecule has 2 heterocycles. The summed E-state index contributed by atoms with van der Waals surface area (Å²) in [5.74, 6) is 0. The first kappa shape index (κ1) is 8.50. The first-order chi connectivity index (χ1) is 6.95. The molecule has 0 bridgehead atoms. The zero-order valence-corrected chi connectivity index (χ0v) is 7.51. The predicted molar refractivity (Wildman–Crippen MR) is 50.2 cm³/mol. The van der Waals surface area contributed by atoms with Crippen molar-refractivity contribution in [3.8, 4) is 0 Å². The molecule has 14 heavy (non-hydrogen) atoms. The second-order valence-corrected chi connectivity index (χ2v) is 2.72.